The molecule has 1 aliphatic rings. The van der Waals surface area contributed by atoms with Gasteiger partial charge in [0.25, 0.3) is 0 Å². The van der Waals surface area contributed by atoms with Crippen LogP contribution in [0.4, 0.5) is 17.1 Å². The van der Waals surface area contributed by atoms with Crippen LogP contribution in [0.5, 0.6) is 0 Å². The summed E-state index contributed by atoms with van der Waals surface area (Å²) < 4.78 is 2.42. The van der Waals surface area contributed by atoms with Crippen LogP contribution in [0.1, 0.15) is 25.0 Å². The predicted octanol–water partition coefficient (Wildman–Crippen LogP) is 15.6. The lowest BCUT2D eigenvalue weighted by Gasteiger charge is -2.31. The van der Waals surface area contributed by atoms with Crippen LogP contribution in [0.25, 0.3) is 72.0 Å². The molecule has 10 aromatic rings. The van der Waals surface area contributed by atoms with Crippen LogP contribution in [0.3, 0.4) is 0 Å². The van der Waals surface area contributed by atoms with Crippen molar-refractivity contribution in [2.75, 3.05) is 4.90 Å². The number of nitrogens with zero attached hydrogens (tertiary/aromatic N) is 2. The number of aromatic nitrogens is 1. The van der Waals surface area contributed by atoms with E-state index in [-0.39, 0.29) is 5.41 Å². The summed E-state index contributed by atoms with van der Waals surface area (Å²) in [6.07, 6.45) is 0. The Balaban J connectivity index is 1.21. The van der Waals surface area contributed by atoms with Gasteiger partial charge >= 0.3 is 0 Å². The van der Waals surface area contributed by atoms with E-state index < -0.39 is 0 Å². The summed E-state index contributed by atoms with van der Waals surface area (Å²) in [5.41, 5.74) is 19.1. The topological polar surface area (TPSA) is 8.17 Å². The van der Waals surface area contributed by atoms with Crippen LogP contribution in [-0.2, 0) is 5.41 Å². The summed E-state index contributed by atoms with van der Waals surface area (Å²) in [6.45, 7) is 4.73. The van der Waals surface area contributed by atoms with Gasteiger partial charge in [0.15, 0.2) is 0 Å². The highest BCUT2D eigenvalue weighted by Crippen LogP contribution is 2.53. The first-order chi connectivity index (χ1) is 29.1. The van der Waals surface area contributed by atoms with E-state index in [1.165, 1.54) is 77.4 Å². The number of fused-ring (bicyclic) bond motifs is 6. The minimum absolute atomic E-state index is 0.160. The van der Waals surface area contributed by atoms with E-state index in [2.05, 4.69) is 242 Å². The van der Waals surface area contributed by atoms with Crippen LogP contribution >= 0.6 is 0 Å². The van der Waals surface area contributed by atoms with Crippen molar-refractivity contribution in [3.63, 3.8) is 0 Å². The molecule has 11 rings (SSSR count). The van der Waals surface area contributed by atoms with E-state index in [9.17, 15) is 0 Å². The smallest absolute Gasteiger partial charge is 0.0546 e. The van der Waals surface area contributed by atoms with Gasteiger partial charge in [-0.05, 0) is 98.6 Å². The van der Waals surface area contributed by atoms with Gasteiger partial charge in [0, 0.05) is 38.8 Å². The predicted molar refractivity (Wildman–Crippen MR) is 249 cm³/mol. The Morgan fingerprint density at radius 2 is 0.898 bits per heavy atom. The standard InChI is InChI=1S/C57H42N2/c1-57(2)51-31-14-11-26-46(51)47-36-35-43(38-52(47)57)58(41-23-17-24-42(37-41)59-53-32-15-12-27-48(53)49-28-13-16-33-54(49)59)55-34-18-30-45(40-21-7-4-8-22-40)56(55)50-29-10-9-25-44(50)39-19-5-3-6-20-39/h3-38H,1-2H3. The molecule has 9 aromatic carbocycles. The lowest BCUT2D eigenvalue weighted by Crippen LogP contribution is -2.17. The highest BCUT2D eigenvalue weighted by atomic mass is 15.1. The molecule has 0 spiro atoms. The van der Waals surface area contributed by atoms with Crippen molar-refractivity contribution in [3.05, 3.63) is 230 Å². The zero-order chi connectivity index (χ0) is 39.5. The quantitative estimate of drug-likeness (QED) is 0.157. The second kappa shape index (κ2) is 13.9. The van der Waals surface area contributed by atoms with Crippen LogP contribution in [0.2, 0.25) is 0 Å². The summed E-state index contributed by atoms with van der Waals surface area (Å²) in [5, 5.41) is 2.50. The van der Waals surface area contributed by atoms with Crippen molar-refractivity contribution >= 4 is 38.9 Å². The Morgan fingerprint density at radius 1 is 0.373 bits per heavy atom. The molecule has 2 heteroatoms. The van der Waals surface area contributed by atoms with Gasteiger partial charge < -0.3 is 9.47 Å². The van der Waals surface area contributed by atoms with Gasteiger partial charge in [0.05, 0.1) is 16.7 Å². The Labute approximate surface area is 345 Å². The molecule has 280 valence electrons. The van der Waals surface area contributed by atoms with E-state index in [0.717, 1.165) is 22.7 Å². The van der Waals surface area contributed by atoms with Gasteiger partial charge in [-0.2, -0.15) is 0 Å². The fourth-order valence-corrected chi connectivity index (χ4v) is 9.67. The zero-order valence-electron chi connectivity index (χ0n) is 33.2. The molecule has 0 atom stereocenters. The molecular weight excluding hydrogens is 713 g/mol. The van der Waals surface area contributed by atoms with Crippen LogP contribution in [0, 0.1) is 0 Å². The molecule has 0 saturated carbocycles. The maximum absolute atomic E-state index is 2.50. The highest BCUT2D eigenvalue weighted by molar-refractivity contribution is 6.09. The number of para-hydroxylation sites is 2. The molecule has 59 heavy (non-hydrogen) atoms. The minimum atomic E-state index is -0.160. The van der Waals surface area contributed by atoms with Crippen molar-refractivity contribution in [1.29, 1.82) is 0 Å². The van der Waals surface area contributed by atoms with Crippen molar-refractivity contribution in [3.8, 4) is 50.2 Å². The molecule has 0 radical (unpaired) electrons. The molecule has 2 nitrogen and oxygen atoms in total. The fraction of sp³-hybridized carbons (Fsp3) is 0.0526. The molecule has 0 fully saturated rings. The summed E-state index contributed by atoms with van der Waals surface area (Å²) in [5.74, 6) is 0. The summed E-state index contributed by atoms with van der Waals surface area (Å²) in [7, 11) is 0. The molecule has 0 N–H and O–H groups in total. The zero-order valence-corrected chi connectivity index (χ0v) is 33.2. The highest BCUT2D eigenvalue weighted by Gasteiger charge is 2.36. The van der Waals surface area contributed by atoms with Crippen LogP contribution < -0.4 is 4.90 Å². The molecule has 1 heterocycles. The van der Waals surface area contributed by atoms with Gasteiger partial charge in [-0.1, -0.05) is 184 Å². The Bertz CT molecular complexity index is 3140. The minimum Gasteiger partial charge on any atom is -0.310 e. The number of hydrogen-bond acceptors (Lipinski definition) is 1. The van der Waals surface area contributed by atoms with E-state index in [0.29, 0.717) is 0 Å². The van der Waals surface area contributed by atoms with E-state index in [1.54, 1.807) is 0 Å². The SMILES string of the molecule is CC1(C)c2ccccc2-c2ccc(N(c3cccc(-n4c5ccccc5c5ccccc54)c3)c3cccc(-c4ccccc4)c3-c3ccccc3-c3ccccc3)cc21. The van der Waals surface area contributed by atoms with E-state index in [1.807, 2.05) is 0 Å². The largest absolute Gasteiger partial charge is 0.310 e. The van der Waals surface area contributed by atoms with Crippen molar-refractivity contribution < 1.29 is 0 Å². The van der Waals surface area contributed by atoms with Crippen LogP contribution in [-0.4, -0.2) is 4.57 Å². The Kier molecular flexibility index (Phi) is 8.20. The third kappa shape index (κ3) is 5.63. The number of rotatable bonds is 7. The maximum Gasteiger partial charge on any atom is 0.0546 e. The third-order valence-corrected chi connectivity index (χ3v) is 12.4. The molecular formula is C57H42N2. The Hall–Kier alpha value is -7.42. The number of anilines is 3. The van der Waals surface area contributed by atoms with Crippen LogP contribution in [0.15, 0.2) is 218 Å². The Morgan fingerprint density at radius 3 is 1.61 bits per heavy atom. The average Bonchev–Trinajstić information content (AvgIpc) is 3.75. The molecule has 0 aliphatic heterocycles. The van der Waals surface area contributed by atoms with Crippen molar-refractivity contribution in [1.82, 2.24) is 4.57 Å². The number of hydrogen-bond donors (Lipinski definition) is 0. The lowest BCUT2D eigenvalue weighted by molar-refractivity contribution is 0.660. The first-order valence-corrected chi connectivity index (χ1v) is 20.5. The second-order valence-corrected chi connectivity index (χ2v) is 16.1. The average molecular weight is 755 g/mol. The van der Waals surface area contributed by atoms with Crippen molar-refractivity contribution in [2.24, 2.45) is 0 Å². The molecule has 1 aromatic heterocycles. The first kappa shape index (κ1) is 34.8. The van der Waals surface area contributed by atoms with Gasteiger partial charge in [-0.3, -0.25) is 0 Å². The van der Waals surface area contributed by atoms with Gasteiger partial charge in [0.1, 0.15) is 0 Å². The third-order valence-electron chi connectivity index (χ3n) is 12.4. The molecule has 0 saturated heterocycles. The molecule has 1 aliphatic carbocycles. The van der Waals surface area contributed by atoms with Crippen molar-refractivity contribution in [2.45, 2.75) is 19.3 Å². The molecule has 0 unspecified atom stereocenters. The maximum atomic E-state index is 2.50. The molecule has 0 bridgehead atoms. The fourth-order valence-electron chi connectivity index (χ4n) is 9.67. The number of benzene rings is 9. The first-order valence-electron chi connectivity index (χ1n) is 20.5. The monoisotopic (exact) mass is 754 g/mol. The van der Waals surface area contributed by atoms with Gasteiger partial charge in [-0.25, -0.2) is 0 Å². The summed E-state index contributed by atoms with van der Waals surface area (Å²) in [4.78, 5) is 2.50. The van der Waals surface area contributed by atoms with E-state index >= 15 is 0 Å². The lowest BCUT2D eigenvalue weighted by atomic mass is 9.82. The summed E-state index contributed by atoms with van der Waals surface area (Å²) >= 11 is 0. The normalized spacial score (nSPS) is 12.7. The second-order valence-electron chi connectivity index (χ2n) is 16.1. The van der Waals surface area contributed by atoms with Gasteiger partial charge in [-0.15, -0.1) is 0 Å². The molecule has 0 amide bonds. The summed E-state index contributed by atoms with van der Waals surface area (Å²) in [6, 6.07) is 80.0. The van der Waals surface area contributed by atoms with Gasteiger partial charge in [0.2, 0.25) is 0 Å². The van der Waals surface area contributed by atoms with E-state index in [4.69, 9.17) is 0 Å².